The molecule has 1 aliphatic heterocycles. The summed E-state index contributed by atoms with van der Waals surface area (Å²) in [4.78, 5) is 58.5. The molecule has 10 aliphatic carbocycles. The molecule has 7 atom stereocenters. The number of esters is 5. The molecule has 302 valence electrons. The summed E-state index contributed by atoms with van der Waals surface area (Å²) in [5.41, 5.74) is 0.115. The maximum atomic E-state index is 12.1. The fourth-order valence-corrected chi connectivity index (χ4v) is 12.9. The second kappa shape index (κ2) is 14.8. The van der Waals surface area contributed by atoms with E-state index < -0.39 is 17.2 Å². The van der Waals surface area contributed by atoms with Crippen molar-refractivity contribution in [2.24, 2.45) is 59.2 Å². The lowest BCUT2D eigenvalue weighted by atomic mass is 9.50. The van der Waals surface area contributed by atoms with Crippen LogP contribution in [-0.2, 0) is 47.7 Å². The molecule has 11 aliphatic rings. The van der Waals surface area contributed by atoms with Gasteiger partial charge in [-0.1, -0.05) is 19.7 Å². The van der Waals surface area contributed by atoms with Crippen molar-refractivity contribution in [1.82, 2.24) is 0 Å². The van der Waals surface area contributed by atoms with Crippen molar-refractivity contribution in [2.45, 2.75) is 134 Å². The van der Waals surface area contributed by atoms with Gasteiger partial charge in [0, 0.05) is 29.1 Å². The SMILES string of the molecule is C=C(C)C(=O)OC1(C)C2CC3CC(C2)CC1C3.C=C(C)C(=O)OC12CC3CC(CC(O)(C3)C1)C2.C=C(C)C(=O)OCCOC(=O)C1C2CC3C(=O)OC1C3C2. The third-order valence-electron chi connectivity index (χ3n) is 14.7. The van der Waals surface area contributed by atoms with Crippen molar-refractivity contribution in [3.05, 3.63) is 36.5 Å². The van der Waals surface area contributed by atoms with E-state index in [0.29, 0.717) is 46.8 Å². The number of ether oxygens (including phenoxy) is 5. The average molecular weight is 765 g/mol. The minimum atomic E-state index is -0.570. The van der Waals surface area contributed by atoms with Gasteiger partial charge >= 0.3 is 29.8 Å². The van der Waals surface area contributed by atoms with Gasteiger partial charge in [0.1, 0.15) is 30.5 Å². The molecule has 11 fully saturated rings. The van der Waals surface area contributed by atoms with E-state index in [1.807, 2.05) is 0 Å². The third kappa shape index (κ3) is 7.80. The van der Waals surface area contributed by atoms with Crippen LogP contribution in [0.25, 0.3) is 0 Å². The normalized spacial score (nSPS) is 42.6. The summed E-state index contributed by atoms with van der Waals surface area (Å²) in [5, 5.41) is 10.5. The molecule has 0 amide bonds. The van der Waals surface area contributed by atoms with Crippen molar-refractivity contribution in [2.75, 3.05) is 13.2 Å². The Morgan fingerprint density at radius 3 is 1.78 bits per heavy atom. The zero-order chi connectivity index (χ0) is 39.6. The number of carbonyl (C=O) groups excluding carboxylic acids is 5. The van der Waals surface area contributed by atoms with Crippen molar-refractivity contribution in [1.29, 1.82) is 0 Å². The number of rotatable bonds is 9. The number of hydrogen-bond acceptors (Lipinski definition) is 11. The van der Waals surface area contributed by atoms with Gasteiger partial charge in [0.15, 0.2) is 0 Å². The van der Waals surface area contributed by atoms with Crippen LogP contribution in [0.5, 0.6) is 0 Å². The van der Waals surface area contributed by atoms with Crippen LogP contribution < -0.4 is 0 Å². The Kier molecular flexibility index (Phi) is 10.7. The lowest BCUT2D eigenvalue weighted by Gasteiger charge is -2.59. The first-order valence-electron chi connectivity index (χ1n) is 20.6. The van der Waals surface area contributed by atoms with E-state index in [4.69, 9.17) is 23.7 Å². The first kappa shape index (κ1) is 39.8. The monoisotopic (exact) mass is 764 g/mol. The van der Waals surface area contributed by atoms with Crippen molar-refractivity contribution in [3.63, 3.8) is 0 Å². The van der Waals surface area contributed by atoms with Crippen LogP contribution in [0.15, 0.2) is 36.5 Å². The van der Waals surface area contributed by atoms with Gasteiger partial charge < -0.3 is 28.8 Å². The average Bonchev–Trinajstić information content (AvgIpc) is 3.72. The Hall–Kier alpha value is -3.47. The van der Waals surface area contributed by atoms with Crippen LogP contribution in [0.3, 0.4) is 0 Å². The molecular weight excluding hydrogens is 704 g/mol. The molecule has 0 aromatic heterocycles. The molecule has 11 nitrogen and oxygen atoms in total. The zero-order valence-electron chi connectivity index (χ0n) is 33.1. The summed E-state index contributed by atoms with van der Waals surface area (Å²) >= 11 is 0. The Bertz CT molecular complexity index is 1600. The molecule has 1 N–H and O–H groups in total. The highest BCUT2D eigenvalue weighted by Crippen LogP contribution is 2.61. The first-order chi connectivity index (χ1) is 25.9. The fourth-order valence-electron chi connectivity index (χ4n) is 12.9. The highest BCUT2D eigenvalue weighted by Gasteiger charge is 2.64. The van der Waals surface area contributed by atoms with Crippen molar-refractivity contribution >= 4 is 29.8 Å². The van der Waals surface area contributed by atoms with Crippen LogP contribution >= 0.6 is 0 Å². The predicted molar refractivity (Wildman–Crippen MR) is 199 cm³/mol. The van der Waals surface area contributed by atoms with Crippen molar-refractivity contribution < 1.29 is 52.8 Å². The molecule has 55 heavy (non-hydrogen) atoms. The maximum Gasteiger partial charge on any atom is 0.333 e. The third-order valence-corrected chi connectivity index (χ3v) is 14.7. The second-order valence-corrected chi connectivity index (χ2v) is 19.2. The summed E-state index contributed by atoms with van der Waals surface area (Å²) in [5.74, 6) is 2.59. The summed E-state index contributed by atoms with van der Waals surface area (Å²) in [6, 6.07) is 0. The van der Waals surface area contributed by atoms with Crippen molar-refractivity contribution in [3.8, 4) is 0 Å². The smallest absolute Gasteiger partial charge is 0.333 e. The summed E-state index contributed by atoms with van der Waals surface area (Å²) < 4.78 is 26.8. The van der Waals surface area contributed by atoms with E-state index in [-0.39, 0.29) is 72.5 Å². The highest BCUT2D eigenvalue weighted by atomic mass is 16.6. The molecule has 11 rings (SSSR count). The molecule has 0 aromatic carbocycles. The molecule has 0 spiro atoms. The van der Waals surface area contributed by atoms with Crippen LogP contribution in [0.2, 0.25) is 0 Å². The minimum Gasteiger partial charge on any atom is -0.462 e. The second-order valence-electron chi connectivity index (χ2n) is 19.2. The molecule has 7 unspecified atom stereocenters. The standard InChI is InChI=1S/C15H18O6.C15H22O2.C14H20O3/c1-7(2)13(16)19-3-4-20-15(18)11-8-5-9-10(6-8)14(17)21-12(9)11;1-9(2)14(16)17-15(3)12-5-10-4-11(7-12)8-13(15)6-10;1-9(2)12(15)17-14-6-10-3-11(7-14)5-13(16,4-10)8-14/h8-12H,1,3-6H2,2H3;10-13H,1,4-8H2,2-3H3;10-11,16H,1,3-8H2,2H3. The largest absolute Gasteiger partial charge is 0.462 e. The lowest BCUT2D eigenvalue weighted by Crippen LogP contribution is -2.60. The Morgan fingerprint density at radius 1 is 0.709 bits per heavy atom. The Labute approximate surface area is 324 Å². The number of aliphatic hydroxyl groups is 1. The zero-order valence-corrected chi connectivity index (χ0v) is 33.1. The molecule has 1 saturated heterocycles. The Morgan fingerprint density at radius 2 is 1.24 bits per heavy atom. The van der Waals surface area contributed by atoms with Gasteiger partial charge in [-0.3, -0.25) is 9.59 Å². The molecule has 10 saturated carbocycles. The topological polar surface area (TPSA) is 152 Å². The molecule has 10 bridgehead atoms. The van der Waals surface area contributed by atoms with Gasteiger partial charge in [0.25, 0.3) is 0 Å². The van der Waals surface area contributed by atoms with Gasteiger partial charge in [-0.05, 0) is 146 Å². The minimum absolute atomic E-state index is 0.00529. The summed E-state index contributed by atoms with van der Waals surface area (Å²) in [6.07, 6.45) is 13.3. The number of fused-ring (bicyclic) bond motifs is 1. The molecular formula is C44H60O11. The molecule has 0 radical (unpaired) electrons. The summed E-state index contributed by atoms with van der Waals surface area (Å²) in [7, 11) is 0. The van der Waals surface area contributed by atoms with Gasteiger partial charge in [0.2, 0.25) is 0 Å². The molecule has 0 aromatic rings. The number of hydrogen-bond donors (Lipinski definition) is 1. The quantitative estimate of drug-likeness (QED) is 0.121. The first-order valence-corrected chi connectivity index (χ1v) is 20.6. The number of carbonyl (C=O) groups is 5. The van der Waals surface area contributed by atoms with Crippen LogP contribution in [0.1, 0.15) is 111 Å². The van der Waals surface area contributed by atoms with Crippen LogP contribution in [-0.4, -0.2) is 71.1 Å². The van der Waals surface area contributed by atoms with Crippen LogP contribution in [0, 0.1) is 59.2 Å². The maximum absolute atomic E-state index is 12.1. The van der Waals surface area contributed by atoms with Gasteiger partial charge in [-0.15, -0.1) is 0 Å². The van der Waals surface area contributed by atoms with E-state index in [9.17, 15) is 29.1 Å². The predicted octanol–water partition coefficient (Wildman–Crippen LogP) is 6.36. The molecule has 1 heterocycles. The highest BCUT2D eigenvalue weighted by molar-refractivity contribution is 5.88. The fraction of sp³-hybridized carbons (Fsp3) is 0.750. The van der Waals surface area contributed by atoms with E-state index in [0.717, 1.165) is 50.4 Å². The summed E-state index contributed by atoms with van der Waals surface area (Å²) in [6.45, 7) is 17.9. The Balaban J connectivity index is 0.000000128. The van der Waals surface area contributed by atoms with Crippen LogP contribution in [0.4, 0.5) is 0 Å². The van der Waals surface area contributed by atoms with Gasteiger partial charge in [0.05, 0.1) is 17.4 Å². The lowest BCUT2D eigenvalue weighted by molar-refractivity contribution is -0.217. The van der Waals surface area contributed by atoms with E-state index in [1.165, 1.54) is 38.5 Å². The van der Waals surface area contributed by atoms with E-state index >= 15 is 0 Å². The van der Waals surface area contributed by atoms with Gasteiger partial charge in [-0.25, -0.2) is 14.4 Å². The van der Waals surface area contributed by atoms with E-state index in [1.54, 1.807) is 20.8 Å². The van der Waals surface area contributed by atoms with E-state index in [2.05, 4.69) is 26.7 Å². The van der Waals surface area contributed by atoms with Gasteiger partial charge in [-0.2, -0.15) is 0 Å². The molecule has 11 heteroatoms.